The van der Waals surface area contributed by atoms with Crippen LogP contribution in [0.5, 0.6) is 0 Å². The first-order valence-electron chi connectivity index (χ1n) is 6.50. The predicted octanol–water partition coefficient (Wildman–Crippen LogP) is 2.27. The largest absolute Gasteiger partial charge is 0.319 e. The predicted molar refractivity (Wildman–Crippen MR) is 74.9 cm³/mol. The molecule has 0 spiro atoms. The second-order valence-electron chi connectivity index (χ2n) is 5.46. The van der Waals surface area contributed by atoms with E-state index >= 15 is 0 Å². The topological polar surface area (TPSA) is 32.3 Å². The van der Waals surface area contributed by atoms with Crippen molar-refractivity contribution in [1.82, 2.24) is 5.32 Å². The minimum absolute atomic E-state index is 0.152. The van der Waals surface area contributed by atoms with Crippen molar-refractivity contribution in [2.75, 3.05) is 25.5 Å². The minimum Gasteiger partial charge on any atom is -0.319 e. The van der Waals surface area contributed by atoms with Crippen LogP contribution in [0.1, 0.15) is 24.0 Å². The normalized spacial score (nSPS) is 16.4. The molecule has 1 aliphatic carbocycles. The van der Waals surface area contributed by atoms with Crippen molar-refractivity contribution in [3.05, 3.63) is 29.3 Å². The number of rotatable bonds is 4. The third-order valence-corrected chi connectivity index (χ3v) is 3.84. The number of aryl methyl sites for hydroxylation is 2. The highest BCUT2D eigenvalue weighted by molar-refractivity contribution is 5.99. The van der Waals surface area contributed by atoms with Gasteiger partial charge in [0.1, 0.15) is 0 Å². The Bertz CT molecular complexity index is 464. The third kappa shape index (κ3) is 2.27. The molecule has 1 aliphatic rings. The molecule has 1 amide bonds. The molecular formula is C15H22N2O. The Balaban J connectivity index is 2.21. The average molecular weight is 246 g/mol. The van der Waals surface area contributed by atoms with E-state index in [1.165, 1.54) is 5.56 Å². The summed E-state index contributed by atoms with van der Waals surface area (Å²) in [6.07, 6.45) is 2.00. The van der Waals surface area contributed by atoms with Crippen LogP contribution in [-0.4, -0.2) is 26.5 Å². The molecule has 0 aliphatic heterocycles. The van der Waals surface area contributed by atoms with Gasteiger partial charge in [-0.05, 0) is 45.4 Å². The molecule has 18 heavy (non-hydrogen) atoms. The van der Waals surface area contributed by atoms with Crippen molar-refractivity contribution >= 4 is 11.6 Å². The van der Waals surface area contributed by atoms with E-state index in [-0.39, 0.29) is 11.3 Å². The van der Waals surface area contributed by atoms with Crippen LogP contribution in [0.3, 0.4) is 0 Å². The second-order valence-corrected chi connectivity index (χ2v) is 5.46. The molecule has 1 aromatic carbocycles. The lowest BCUT2D eigenvalue weighted by Crippen LogP contribution is -2.39. The van der Waals surface area contributed by atoms with Gasteiger partial charge in [0.05, 0.1) is 5.41 Å². The van der Waals surface area contributed by atoms with Gasteiger partial charge in [-0.2, -0.15) is 0 Å². The summed E-state index contributed by atoms with van der Waals surface area (Å²) in [5, 5.41) is 3.13. The van der Waals surface area contributed by atoms with E-state index in [0.717, 1.165) is 30.6 Å². The molecule has 0 atom stereocenters. The molecule has 1 N–H and O–H groups in total. The molecule has 0 radical (unpaired) electrons. The first-order valence-corrected chi connectivity index (χ1v) is 6.50. The van der Waals surface area contributed by atoms with Crippen LogP contribution < -0.4 is 10.2 Å². The number of carbonyl (C=O) groups excluding carboxylic acids is 1. The first kappa shape index (κ1) is 13.1. The SMILES string of the molecule is CNCC1(C(=O)N(C)c2ccc(C)cc2C)CC1. The van der Waals surface area contributed by atoms with Crippen LogP contribution >= 0.6 is 0 Å². The quantitative estimate of drug-likeness (QED) is 0.884. The number of carbonyl (C=O) groups is 1. The summed E-state index contributed by atoms with van der Waals surface area (Å²) in [5.41, 5.74) is 3.26. The lowest BCUT2D eigenvalue weighted by atomic mass is 10.0. The number of hydrogen-bond donors (Lipinski definition) is 1. The molecule has 1 aromatic rings. The van der Waals surface area contributed by atoms with Gasteiger partial charge in [0, 0.05) is 19.3 Å². The molecule has 2 rings (SSSR count). The smallest absolute Gasteiger partial charge is 0.234 e. The second kappa shape index (κ2) is 4.73. The summed E-state index contributed by atoms with van der Waals surface area (Å²) in [5.74, 6) is 0.240. The highest BCUT2D eigenvalue weighted by atomic mass is 16.2. The fraction of sp³-hybridized carbons (Fsp3) is 0.533. The Hall–Kier alpha value is -1.35. The van der Waals surface area contributed by atoms with E-state index in [2.05, 4.69) is 31.3 Å². The Labute approximate surface area is 109 Å². The third-order valence-electron chi connectivity index (χ3n) is 3.84. The molecule has 3 nitrogen and oxygen atoms in total. The van der Waals surface area contributed by atoms with E-state index in [1.54, 1.807) is 0 Å². The van der Waals surface area contributed by atoms with E-state index in [1.807, 2.05) is 25.1 Å². The van der Waals surface area contributed by atoms with Crippen molar-refractivity contribution < 1.29 is 4.79 Å². The van der Waals surface area contributed by atoms with Gasteiger partial charge in [-0.3, -0.25) is 4.79 Å². The van der Waals surface area contributed by atoms with Gasteiger partial charge in [0.15, 0.2) is 0 Å². The van der Waals surface area contributed by atoms with Crippen molar-refractivity contribution in [3.8, 4) is 0 Å². The molecule has 3 heteroatoms. The molecule has 1 fully saturated rings. The molecule has 0 unspecified atom stereocenters. The Morgan fingerprint density at radius 3 is 2.56 bits per heavy atom. The lowest BCUT2D eigenvalue weighted by molar-refractivity contribution is -0.123. The highest BCUT2D eigenvalue weighted by Gasteiger charge is 2.50. The van der Waals surface area contributed by atoms with Crippen LogP contribution in [0.15, 0.2) is 18.2 Å². The van der Waals surface area contributed by atoms with Crippen molar-refractivity contribution in [1.29, 1.82) is 0 Å². The monoisotopic (exact) mass is 246 g/mol. The maximum Gasteiger partial charge on any atom is 0.234 e. The fourth-order valence-corrected chi connectivity index (χ4v) is 2.60. The number of nitrogens with one attached hydrogen (secondary N) is 1. The van der Waals surface area contributed by atoms with Crippen LogP contribution in [0.25, 0.3) is 0 Å². The van der Waals surface area contributed by atoms with E-state index < -0.39 is 0 Å². The molecular weight excluding hydrogens is 224 g/mol. The highest BCUT2D eigenvalue weighted by Crippen LogP contribution is 2.47. The maximum absolute atomic E-state index is 12.5. The van der Waals surface area contributed by atoms with Gasteiger partial charge in [-0.25, -0.2) is 0 Å². The van der Waals surface area contributed by atoms with Crippen LogP contribution in [0.2, 0.25) is 0 Å². The zero-order valence-electron chi connectivity index (χ0n) is 11.7. The van der Waals surface area contributed by atoms with Gasteiger partial charge in [0.25, 0.3) is 0 Å². The minimum atomic E-state index is -0.152. The van der Waals surface area contributed by atoms with Crippen molar-refractivity contribution in [3.63, 3.8) is 0 Å². The fourth-order valence-electron chi connectivity index (χ4n) is 2.60. The molecule has 0 saturated heterocycles. The molecule has 98 valence electrons. The molecule has 0 aromatic heterocycles. The summed E-state index contributed by atoms with van der Waals surface area (Å²) < 4.78 is 0. The lowest BCUT2D eigenvalue weighted by Gasteiger charge is -2.25. The summed E-state index contributed by atoms with van der Waals surface area (Å²) in [6, 6.07) is 6.22. The Kier molecular flexibility index (Phi) is 3.44. The van der Waals surface area contributed by atoms with Crippen LogP contribution in [0.4, 0.5) is 5.69 Å². The van der Waals surface area contributed by atoms with Crippen molar-refractivity contribution in [2.45, 2.75) is 26.7 Å². The standard InChI is InChI=1S/C15H22N2O/c1-11-5-6-13(12(2)9-11)17(4)14(18)15(7-8-15)10-16-3/h5-6,9,16H,7-8,10H2,1-4H3. The number of hydrogen-bond acceptors (Lipinski definition) is 2. The number of nitrogens with zero attached hydrogens (tertiary/aromatic N) is 1. The van der Waals surface area contributed by atoms with E-state index in [0.29, 0.717) is 0 Å². The zero-order chi connectivity index (χ0) is 13.3. The maximum atomic E-state index is 12.5. The summed E-state index contributed by atoms with van der Waals surface area (Å²) in [6.45, 7) is 4.91. The van der Waals surface area contributed by atoms with Gasteiger partial charge in [-0.15, -0.1) is 0 Å². The number of anilines is 1. The molecule has 1 saturated carbocycles. The van der Waals surface area contributed by atoms with Gasteiger partial charge < -0.3 is 10.2 Å². The van der Waals surface area contributed by atoms with E-state index in [4.69, 9.17) is 0 Å². The number of benzene rings is 1. The summed E-state index contributed by atoms with van der Waals surface area (Å²) in [7, 11) is 3.79. The van der Waals surface area contributed by atoms with E-state index in [9.17, 15) is 4.79 Å². The Morgan fingerprint density at radius 1 is 1.39 bits per heavy atom. The van der Waals surface area contributed by atoms with Gasteiger partial charge in [0.2, 0.25) is 5.91 Å². The Morgan fingerprint density at radius 2 is 2.06 bits per heavy atom. The van der Waals surface area contributed by atoms with Crippen LogP contribution in [0, 0.1) is 19.3 Å². The van der Waals surface area contributed by atoms with Gasteiger partial charge >= 0.3 is 0 Å². The molecule has 0 bridgehead atoms. The van der Waals surface area contributed by atoms with Crippen LogP contribution in [-0.2, 0) is 4.79 Å². The zero-order valence-corrected chi connectivity index (χ0v) is 11.7. The first-order chi connectivity index (χ1) is 8.50. The summed E-state index contributed by atoms with van der Waals surface area (Å²) in [4.78, 5) is 14.4. The summed E-state index contributed by atoms with van der Waals surface area (Å²) >= 11 is 0. The van der Waals surface area contributed by atoms with Crippen molar-refractivity contribution in [2.24, 2.45) is 5.41 Å². The van der Waals surface area contributed by atoms with Gasteiger partial charge in [-0.1, -0.05) is 17.7 Å². The average Bonchev–Trinajstić information content (AvgIpc) is 3.09. The number of amides is 1. The molecule has 0 heterocycles.